The highest BCUT2D eigenvalue weighted by atomic mass is 79.9. The highest BCUT2D eigenvalue weighted by Gasteiger charge is 2.19. The summed E-state index contributed by atoms with van der Waals surface area (Å²) in [6.45, 7) is 2.15. The molecule has 0 amide bonds. The Morgan fingerprint density at radius 1 is 1.22 bits per heavy atom. The topological polar surface area (TPSA) is 41.7 Å². The van der Waals surface area contributed by atoms with Gasteiger partial charge in [0.15, 0.2) is 0 Å². The van der Waals surface area contributed by atoms with Crippen molar-refractivity contribution in [2.24, 2.45) is 0 Å². The van der Waals surface area contributed by atoms with Gasteiger partial charge in [0.2, 0.25) is 5.78 Å². The van der Waals surface area contributed by atoms with Crippen molar-refractivity contribution in [2.45, 2.75) is 26.2 Å². The zero-order valence-corrected chi connectivity index (χ0v) is 14.5. The van der Waals surface area contributed by atoms with Gasteiger partial charge in [-0.05, 0) is 70.7 Å². The Balaban J connectivity index is 2.12. The van der Waals surface area contributed by atoms with Gasteiger partial charge in [0.05, 0.1) is 10.2 Å². The number of pyridine rings is 1. The summed E-state index contributed by atoms with van der Waals surface area (Å²) in [6, 6.07) is 12.9. The first-order valence-electron chi connectivity index (χ1n) is 7.74. The number of hydrogen-bond acceptors (Lipinski definition) is 2. The van der Waals surface area contributed by atoms with Gasteiger partial charge in [0.25, 0.3) is 0 Å². The summed E-state index contributed by atoms with van der Waals surface area (Å²) in [5.74, 6) is 0.107. The van der Waals surface area contributed by atoms with Gasteiger partial charge in [0.1, 0.15) is 5.75 Å². The summed E-state index contributed by atoms with van der Waals surface area (Å²) >= 11 is 3.28. The van der Waals surface area contributed by atoms with Crippen molar-refractivity contribution in [1.29, 1.82) is 0 Å². The second kappa shape index (κ2) is 6.59. The zero-order valence-electron chi connectivity index (χ0n) is 12.9. The number of unbranched alkanes of at least 4 members (excludes halogenated alkanes) is 1. The number of aromatic nitrogens is 1. The van der Waals surface area contributed by atoms with Gasteiger partial charge in [-0.1, -0.05) is 19.4 Å². The predicted molar refractivity (Wildman–Crippen MR) is 95.2 cm³/mol. The molecule has 2 aromatic heterocycles. The Morgan fingerprint density at radius 3 is 2.78 bits per heavy atom. The minimum Gasteiger partial charge on any atom is -0.507 e. The van der Waals surface area contributed by atoms with E-state index in [1.54, 1.807) is 18.2 Å². The fourth-order valence-electron chi connectivity index (χ4n) is 2.78. The van der Waals surface area contributed by atoms with E-state index in [2.05, 4.69) is 28.9 Å². The van der Waals surface area contributed by atoms with Crippen LogP contribution in [0.2, 0.25) is 0 Å². The first-order chi connectivity index (χ1) is 11.1. The smallest absolute Gasteiger partial charge is 0.210 e. The Hall–Kier alpha value is -2.07. The van der Waals surface area contributed by atoms with Gasteiger partial charge in [-0.15, -0.1) is 0 Å². The maximum atomic E-state index is 13.0. The van der Waals surface area contributed by atoms with Crippen LogP contribution in [0.5, 0.6) is 5.75 Å². The zero-order chi connectivity index (χ0) is 16.4. The largest absolute Gasteiger partial charge is 0.507 e. The maximum absolute atomic E-state index is 13.0. The molecular weight excluding hydrogens is 354 g/mol. The summed E-state index contributed by atoms with van der Waals surface area (Å²) in [5.41, 5.74) is 3.38. The molecule has 4 heteroatoms. The van der Waals surface area contributed by atoms with Crippen molar-refractivity contribution in [2.75, 3.05) is 0 Å². The van der Waals surface area contributed by atoms with Crippen molar-refractivity contribution >= 4 is 27.2 Å². The van der Waals surface area contributed by atoms with Crippen LogP contribution in [0, 0.1) is 0 Å². The first-order valence-corrected chi connectivity index (χ1v) is 8.53. The molecule has 0 aliphatic rings. The molecule has 0 aliphatic carbocycles. The lowest BCUT2D eigenvalue weighted by Crippen LogP contribution is -2.08. The van der Waals surface area contributed by atoms with E-state index >= 15 is 0 Å². The molecule has 118 valence electrons. The number of nitrogens with zero attached hydrogens (tertiary/aromatic N) is 1. The number of ketones is 1. The van der Waals surface area contributed by atoms with Gasteiger partial charge in [0, 0.05) is 17.3 Å². The molecule has 0 spiro atoms. The van der Waals surface area contributed by atoms with Crippen LogP contribution in [0.4, 0.5) is 0 Å². The molecule has 0 atom stereocenters. The summed E-state index contributed by atoms with van der Waals surface area (Å²) in [4.78, 5) is 13.0. The molecule has 3 rings (SSSR count). The molecule has 0 aliphatic heterocycles. The molecule has 0 bridgehead atoms. The number of carbonyl (C=O) groups is 1. The molecule has 3 aromatic rings. The van der Waals surface area contributed by atoms with Crippen LogP contribution in [0.3, 0.4) is 0 Å². The van der Waals surface area contributed by atoms with E-state index in [0.717, 1.165) is 30.3 Å². The fraction of sp³-hybridized carbons (Fsp3) is 0.211. The number of benzene rings is 1. The second-order valence-corrected chi connectivity index (χ2v) is 6.47. The molecule has 1 N–H and O–H groups in total. The number of aromatic hydroxyl groups is 1. The second-order valence-electron chi connectivity index (χ2n) is 5.61. The van der Waals surface area contributed by atoms with Crippen LogP contribution < -0.4 is 0 Å². The molecule has 0 fully saturated rings. The Bertz CT molecular complexity index is 867. The van der Waals surface area contributed by atoms with Gasteiger partial charge in [-0.25, -0.2) is 0 Å². The quantitative estimate of drug-likeness (QED) is 0.642. The van der Waals surface area contributed by atoms with Gasteiger partial charge in [-0.3, -0.25) is 4.79 Å². The fourth-order valence-corrected chi connectivity index (χ4v) is 3.16. The molecule has 0 radical (unpaired) electrons. The van der Waals surface area contributed by atoms with E-state index in [4.69, 9.17) is 0 Å². The number of fused-ring (bicyclic) bond motifs is 1. The summed E-state index contributed by atoms with van der Waals surface area (Å²) < 4.78 is 2.48. The van der Waals surface area contributed by atoms with Crippen molar-refractivity contribution in [1.82, 2.24) is 4.40 Å². The van der Waals surface area contributed by atoms with Crippen molar-refractivity contribution in [3.8, 4) is 5.75 Å². The number of aryl methyl sites for hydroxylation is 1. The Kier molecular flexibility index (Phi) is 4.53. The Labute approximate surface area is 143 Å². The normalized spacial score (nSPS) is 11.0. The summed E-state index contributed by atoms with van der Waals surface area (Å²) in [5, 5.41) is 9.64. The molecular formula is C19H18BrNO2. The monoisotopic (exact) mass is 371 g/mol. The maximum Gasteiger partial charge on any atom is 0.210 e. The SMILES string of the molecule is CCCCc1cc2ccccn2c1C(=O)c1ccc(O)c(Br)c1. The minimum atomic E-state index is -0.0250. The molecule has 2 heterocycles. The van der Waals surface area contributed by atoms with Crippen molar-refractivity contribution in [3.63, 3.8) is 0 Å². The molecule has 0 saturated carbocycles. The molecule has 23 heavy (non-hydrogen) atoms. The third-order valence-electron chi connectivity index (χ3n) is 3.98. The number of hydrogen-bond donors (Lipinski definition) is 1. The molecule has 1 aromatic carbocycles. The number of carbonyl (C=O) groups excluding carboxylic acids is 1. The number of phenols is 1. The number of phenolic OH excluding ortho intramolecular Hbond substituents is 1. The number of halogens is 1. The van der Waals surface area contributed by atoms with Gasteiger partial charge >= 0.3 is 0 Å². The van der Waals surface area contributed by atoms with Gasteiger partial charge < -0.3 is 9.51 Å². The number of rotatable bonds is 5. The average Bonchev–Trinajstić information content (AvgIpc) is 2.93. The van der Waals surface area contributed by atoms with Crippen LogP contribution >= 0.6 is 15.9 Å². The minimum absolute atomic E-state index is 0.0250. The van der Waals surface area contributed by atoms with E-state index in [0.29, 0.717) is 15.7 Å². The lowest BCUT2D eigenvalue weighted by molar-refractivity contribution is 0.103. The van der Waals surface area contributed by atoms with Crippen LogP contribution in [-0.2, 0) is 6.42 Å². The van der Waals surface area contributed by atoms with Crippen molar-refractivity contribution < 1.29 is 9.90 Å². The predicted octanol–water partition coefficient (Wildman–Crippen LogP) is 4.98. The van der Waals surface area contributed by atoms with Gasteiger partial charge in [-0.2, -0.15) is 0 Å². The van der Waals surface area contributed by atoms with Crippen LogP contribution in [0.25, 0.3) is 5.52 Å². The molecule has 3 nitrogen and oxygen atoms in total. The first kappa shape index (κ1) is 15.8. The van der Waals surface area contributed by atoms with E-state index in [-0.39, 0.29) is 11.5 Å². The molecule has 0 unspecified atom stereocenters. The summed E-state index contributed by atoms with van der Waals surface area (Å²) in [6.07, 6.45) is 4.95. The van der Waals surface area contributed by atoms with E-state index in [9.17, 15) is 9.90 Å². The highest BCUT2D eigenvalue weighted by molar-refractivity contribution is 9.10. The van der Waals surface area contributed by atoms with E-state index in [1.165, 1.54) is 0 Å². The standard InChI is InChI=1S/C19H18BrNO2/c1-2-3-6-13-11-15-7-4-5-10-21(15)18(13)19(23)14-8-9-17(22)16(20)12-14/h4-5,7-12,22H,2-3,6H2,1H3. The van der Waals surface area contributed by atoms with Crippen LogP contribution in [0.15, 0.2) is 53.1 Å². The highest BCUT2D eigenvalue weighted by Crippen LogP contribution is 2.27. The third-order valence-corrected chi connectivity index (χ3v) is 4.62. The van der Waals surface area contributed by atoms with Crippen LogP contribution in [-0.4, -0.2) is 15.3 Å². The Morgan fingerprint density at radius 2 is 2.04 bits per heavy atom. The molecule has 0 saturated heterocycles. The van der Waals surface area contributed by atoms with E-state index < -0.39 is 0 Å². The van der Waals surface area contributed by atoms with E-state index in [1.807, 2.05) is 28.8 Å². The average molecular weight is 372 g/mol. The van der Waals surface area contributed by atoms with Crippen molar-refractivity contribution in [3.05, 3.63) is 70.0 Å². The summed E-state index contributed by atoms with van der Waals surface area (Å²) in [7, 11) is 0. The third kappa shape index (κ3) is 3.04. The lowest BCUT2D eigenvalue weighted by atomic mass is 10.0. The van der Waals surface area contributed by atoms with Crippen LogP contribution in [0.1, 0.15) is 41.4 Å². The lowest BCUT2D eigenvalue weighted by Gasteiger charge is -2.07.